The highest BCUT2D eigenvalue weighted by Gasteiger charge is 2.38. The summed E-state index contributed by atoms with van der Waals surface area (Å²) in [5.74, 6) is 0. The quantitative estimate of drug-likeness (QED) is 0.852. The van der Waals surface area contributed by atoms with Gasteiger partial charge in [-0.15, -0.1) is 11.3 Å². The number of thiazole rings is 1. The van der Waals surface area contributed by atoms with Crippen molar-refractivity contribution < 1.29 is 5.11 Å². The molecule has 3 nitrogen and oxygen atoms in total. The average molecular weight is 237 g/mol. The molecule has 2 aliphatic rings. The van der Waals surface area contributed by atoms with Gasteiger partial charge in [0, 0.05) is 25.3 Å². The second-order valence-electron chi connectivity index (χ2n) is 4.81. The second kappa shape index (κ2) is 4.09. The van der Waals surface area contributed by atoms with E-state index in [9.17, 15) is 5.11 Å². The molecule has 1 unspecified atom stereocenters. The van der Waals surface area contributed by atoms with Gasteiger partial charge in [-0.25, -0.2) is 0 Å². The van der Waals surface area contributed by atoms with Crippen molar-refractivity contribution in [2.75, 3.05) is 13.1 Å². The van der Waals surface area contributed by atoms with Gasteiger partial charge in [0.05, 0.1) is 10.4 Å². The maximum Gasteiger partial charge on any atom is 0.103 e. The van der Waals surface area contributed by atoms with E-state index in [1.54, 1.807) is 16.8 Å². The zero-order valence-corrected chi connectivity index (χ0v) is 10.1. The fraction of sp³-hybridized carbons (Fsp3) is 0.667. The van der Waals surface area contributed by atoms with Crippen LogP contribution in [0.5, 0.6) is 0 Å². The minimum absolute atomic E-state index is 0.610. The lowest BCUT2D eigenvalue weighted by Gasteiger charge is -2.44. The summed E-state index contributed by atoms with van der Waals surface area (Å²) in [6.07, 6.45) is 8.46. The maximum atomic E-state index is 10.6. The fourth-order valence-electron chi connectivity index (χ4n) is 2.56. The molecule has 1 aromatic heterocycles. The van der Waals surface area contributed by atoms with Crippen LogP contribution >= 0.6 is 11.3 Å². The van der Waals surface area contributed by atoms with Crippen molar-refractivity contribution in [3.8, 4) is 0 Å². The highest BCUT2D eigenvalue weighted by atomic mass is 32.1. The van der Waals surface area contributed by atoms with Gasteiger partial charge in [0.2, 0.25) is 0 Å². The molecule has 1 aromatic rings. The van der Waals surface area contributed by atoms with E-state index in [0.29, 0.717) is 6.04 Å². The van der Waals surface area contributed by atoms with Gasteiger partial charge in [0.15, 0.2) is 0 Å². The summed E-state index contributed by atoms with van der Waals surface area (Å²) in [4.78, 5) is 7.59. The Bertz CT molecular complexity index is 340. The summed E-state index contributed by atoms with van der Waals surface area (Å²) in [6.45, 7) is 2.02. The first-order valence-corrected chi connectivity index (χ1v) is 6.85. The number of likely N-dealkylation sites (tertiary alicyclic amines) is 1. The molecule has 0 spiro atoms. The van der Waals surface area contributed by atoms with Crippen LogP contribution in [0, 0.1) is 6.42 Å². The van der Waals surface area contributed by atoms with Crippen LogP contribution in [0.1, 0.15) is 30.6 Å². The van der Waals surface area contributed by atoms with Crippen molar-refractivity contribution in [2.24, 2.45) is 0 Å². The van der Waals surface area contributed by atoms with Gasteiger partial charge in [-0.05, 0) is 32.1 Å². The Morgan fingerprint density at radius 3 is 2.69 bits per heavy atom. The molecule has 1 saturated carbocycles. The van der Waals surface area contributed by atoms with Crippen molar-refractivity contribution in [1.82, 2.24) is 9.88 Å². The Kier molecular flexibility index (Phi) is 2.73. The van der Waals surface area contributed by atoms with E-state index >= 15 is 0 Å². The molecule has 2 heterocycles. The average Bonchev–Trinajstić information content (AvgIpc) is 2.72. The molecule has 3 rings (SSSR count). The van der Waals surface area contributed by atoms with Crippen molar-refractivity contribution in [2.45, 2.75) is 37.3 Å². The summed E-state index contributed by atoms with van der Waals surface area (Å²) in [5.41, 5.74) is 1.20. The minimum Gasteiger partial charge on any atom is -0.384 e. The highest BCUT2D eigenvalue weighted by Crippen LogP contribution is 2.37. The fourth-order valence-corrected chi connectivity index (χ4v) is 3.35. The van der Waals surface area contributed by atoms with Gasteiger partial charge in [-0.3, -0.25) is 9.88 Å². The van der Waals surface area contributed by atoms with E-state index < -0.39 is 5.60 Å². The van der Waals surface area contributed by atoms with Crippen LogP contribution in [0.4, 0.5) is 0 Å². The molecule has 87 valence electrons. The predicted molar refractivity (Wildman–Crippen MR) is 64.1 cm³/mol. The minimum atomic E-state index is -0.610. The summed E-state index contributed by atoms with van der Waals surface area (Å²) < 4.78 is 0. The third kappa shape index (κ3) is 1.79. The summed E-state index contributed by atoms with van der Waals surface area (Å²) in [7, 11) is 0. The predicted octanol–water partition coefficient (Wildman–Crippen LogP) is 1.79. The molecule has 0 amide bonds. The van der Waals surface area contributed by atoms with Crippen molar-refractivity contribution in [1.29, 1.82) is 0 Å². The molecule has 1 radical (unpaired) electrons. The van der Waals surface area contributed by atoms with Crippen LogP contribution < -0.4 is 0 Å². The largest absolute Gasteiger partial charge is 0.384 e. The van der Waals surface area contributed by atoms with Gasteiger partial charge in [0.25, 0.3) is 0 Å². The number of aliphatic hydroxyl groups is 1. The van der Waals surface area contributed by atoms with E-state index in [2.05, 4.69) is 16.3 Å². The zero-order chi connectivity index (χ0) is 11.0. The Labute approximate surface area is 100 Å². The number of nitrogens with zero attached hydrogens (tertiary/aromatic N) is 2. The van der Waals surface area contributed by atoms with E-state index in [1.165, 1.54) is 12.8 Å². The second-order valence-corrected chi connectivity index (χ2v) is 5.70. The van der Waals surface area contributed by atoms with Crippen LogP contribution in [0.2, 0.25) is 0 Å². The SMILES string of the molecule is OC1(c2cncs2)CCN(C2[CH]CC2)CC1. The van der Waals surface area contributed by atoms with Crippen molar-refractivity contribution in [3.63, 3.8) is 0 Å². The third-order valence-electron chi connectivity index (χ3n) is 3.89. The van der Waals surface area contributed by atoms with E-state index in [0.717, 1.165) is 30.8 Å². The molecular weight excluding hydrogens is 220 g/mol. The van der Waals surface area contributed by atoms with E-state index in [1.807, 2.05) is 6.20 Å². The Balaban J connectivity index is 1.65. The highest BCUT2D eigenvalue weighted by molar-refractivity contribution is 7.09. The lowest BCUT2D eigenvalue weighted by molar-refractivity contribution is -0.0349. The van der Waals surface area contributed by atoms with Crippen LogP contribution in [0.15, 0.2) is 11.7 Å². The van der Waals surface area contributed by atoms with Crippen LogP contribution in [-0.4, -0.2) is 34.1 Å². The zero-order valence-electron chi connectivity index (χ0n) is 9.30. The summed E-state index contributed by atoms with van der Waals surface area (Å²) in [6, 6.07) is 0.686. The van der Waals surface area contributed by atoms with Gasteiger partial charge in [0.1, 0.15) is 5.60 Å². The lowest BCUT2D eigenvalue weighted by atomic mass is 9.85. The van der Waals surface area contributed by atoms with E-state index in [4.69, 9.17) is 0 Å². The number of hydrogen-bond acceptors (Lipinski definition) is 4. The Hall–Kier alpha value is -0.450. The number of hydrogen-bond donors (Lipinski definition) is 1. The molecule has 1 saturated heterocycles. The standard InChI is InChI=1S/C12H17N2OS/c15-12(11-8-13-9-16-11)4-6-14(7-5-12)10-2-1-3-10/h2,8-10,15H,1,3-7H2. The van der Waals surface area contributed by atoms with Gasteiger partial charge in [-0.2, -0.15) is 0 Å². The summed E-state index contributed by atoms with van der Waals surface area (Å²) in [5, 5.41) is 10.6. The molecule has 1 atom stereocenters. The molecule has 1 aliphatic heterocycles. The van der Waals surface area contributed by atoms with E-state index in [-0.39, 0.29) is 0 Å². The van der Waals surface area contributed by atoms with Gasteiger partial charge < -0.3 is 5.11 Å². The van der Waals surface area contributed by atoms with Gasteiger partial charge in [-0.1, -0.05) is 0 Å². The summed E-state index contributed by atoms with van der Waals surface area (Å²) >= 11 is 1.57. The molecule has 1 aliphatic carbocycles. The normalized spacial score (nSPS) is 26.6. The molecule has 0 bridgehead atoms. The van der Waals surface area contributed by atoms with Crippen molar-refractivity contribution >= 4 is 11.3 Å². The van der Waals surface area contributed by atoms with Crippen LogP contribution in [0.3, 0.4) is 0 Å². The smallest absolute Gasteiger partial charge is 0.103 e. The molecule has 16 heavy (non-hydrogen) atoms. The Morgan fingerprint density at radius 1 is 1.44 bits per heavy atom. The first-order valence-electron chi connectivity index (χ1n) is 5.97. The van der Waals surface area contributed by atoms with Gasteiger partial charge >= 0.3 is 0 Å². The third-order valence-corrected chi connectivity index (χ3v) is 4.85. The number of rotatable bonds is 2. The van der Waals surface area contributed by atoms with Crippen LogP contribution in [0.25, 0.3) is 0 Å². The molecular formula is C12H17N2OS. The maximum absolute atomic E-state index is 10.6. The number of piperidine rings is 1. The molecule has 2 fully saturated rings. The first-order chi connectivity index (χ1) is 7.78. The first kappa shape index (κ1) is 10.7. The molecule has 0 aromatic carbocycles. The Morgan fingerprint density at radius 2 is 2.19 bits per heavy atom. The van der Waals surface area contributed by atoms with Crippen molar-refractivity contribution in [3.05, 3.63) is 23.0 Å². The molecule has 4 heteroatoms. The molecule has 1 N–H and O–H groups in total. The lowest BCUT2D eigenvalue weighted by Crippen LogP contribution is -2.49. The van der Waals surface area contributed by atoms with Crippen LogP contribution in [-0.2, 0) is 5.60 Å². The number of aromatic nitrogens is 1. The topological polar surface area (TPSA) is 36.4 Å². The monoisotopic (exact) mass is 237 g/mol.